The maximum Gasteiger partial charge on any atom is 0.177 e. The van der Waals surface area contributed by atoms with E-state index in [2.05, 4.69) is 22.8 Å². The fourth-order valence-electron chi connectivity index (χ4n) is 3.85. The third-order valence-electron chi connectivity index (χ3n) is 5.83. The minimum atomic E-state index is -0.00223. The summed E-state index contributed by atoms with van der Waals surface area (Å²) >= 11 is 0. The lowest BCUT2D eigenvalue weighted by Gasteiger charge is -2.11. The van der Waals surface area contributed by atoms with Crippen molar-refractivity contribution in [3.8, 4) is 52.7 Å². The predicted octanol–water partition coefficient (Wildman–Crippen LogP) is 7.05. The van der Waals surface area contributed by atoms with E-state index in [9.17, 15) is 10.5 Å². The van der Waals surface area contributed by atoms with Crippen LogP contribution in [0.5, 0.6) is 5.75 Å². The topological polar surface area (TPSA) is 82.6 Å². The third-order valence-corrected chi connectivity index (χ3v) is 5.83. The van der Waals surface area contributed by atoms with Crippen molar-refractivity contribution in [3.05, 3.63) is 65.5 Å². The molecule has 0 bridgehead atoms. The maximum atomic E-state index is 9.46. The zero-order chi connectivity index (χ0) is 24.9. The van der Waals surface area contributed by atoms with E-state index in [-0.39, 0.29) is 11.4 Å². The Hall–Kier alpha value is -4.14. The molecule has 0 atom stereocenters. The second-order valence-corrected chi connectivity index (χ2v) is 8.41. The Morgan fingerprint density at radius 1 is 0.714 bits per heavy atom. The lowest BCUT2D eigenvalue weighted by molar-refractivity contribution is 0.304. The van der Waals surface area contributed by atoms with Crippen molar-refractivity contribution in [2.45, 2.75) is 58.3 Å². The van der Waals surface area contributed by atoms with Crippen LogP contribution in [0.1, 0.15) is 75.2 Å². The first kappa shape index (κ1) is 25.5. The van der Waals surface area contributed by atoms with E-state index in [0.29, 0.717) is 18.0 Å². The Morgan fingerprint density at radius 2 is 1.20 bits per heavy atom. The van der Waals surface area contributed by atoms with Gasteiger partial charge in [-0.3, -0.25) is 0 Å². The third kappa shape index (κ3) is 7.17. The highest BCUT2D eigenvalue weighted by atomic mass is 16.5. The molecule has 5 nitrogen and oxygen atoms in total. The molecule has 3 rings (SSSR count). The number of terminal acetylenes is 1. The van der Waals surface area contributed by atoms with Gasteiger partial charge in [0.05, 0.1) is 18.0 Å². The molecule has 1 aromatic heterocycles. The monoisotopic (exact) mass is 462 g/mol. The predicted molar refractivity (Wildman–Crippen MR) is 138 cm³/mol. The van der Waals surface area contributed by atoms with Gasteiger partial charge in [-0.15, -0.1) is 6.42 Å². The van der Waals surface area contributed by atoms with Gasteiger partial charge in [-0.05, 0) is 42.8 Å². The Labute approximate surface area is 208 Å². The molecule has 0 aliphatic heterocycles. The Bertz CT molecular complexity index is 1230. The Balaban J connectivity index is 1.70. The van der Waals surface area contributed by atoms with Crippen molar-refractivity contribution in [1.29, 1.82) is 10.5 Å². The van der Waals surface area contributed by atoms with Crippen LogP contribution in [0.4, 0.5) is 0 Å². The van der Waals surface area contributed by atoms with E-state index in [4.69, 9.17) is 11.2 Å². The zero-order valence-electron chi connectivity index (χ0n) is 20.3. The van der Waals surface area contributed by atoms with Gasteiger partial charge in [0.15, 0.2) is 11.4 Å². The molecule has 35 heavy (non-hydrogen) atoms. The van der Waals surface area contributed by atoms with E-state index in [1.165, 1.54) is 44.9 Å². The fraction of sp³-hybridized carbons (Fsp3) is 0.333. The quantitative estimate of drug-likeness (QED) is 0.213. The molecule has 176 valence electrons. The number of rotatable bonds is 12. The van der Waals surface area contributed by atoms with Crippen LogP contribution in [0.25, 0.3) is 22.5 Å². The van der Waals surface area contributed by atoms with Crippen molar-refractivity contribution in [1.82, 2.24) is 9.97 Å². The lowest BCUT2D eigenvalue weighted by atomic mass is 10.0. The Kier molecular flexibility index (Phi) is 9.86. The highest BCUT2D eigenvalue weighted by Crippen LogP contribution is 2.31. The van der Waals surface area contributed by atoms with E-state index in [0.717, 1.165) is 28.9 Å². The molecule has 0 unspecified atom stereocenters. The van der Waals surface area contributed by atoms with Gasteiger partial charge in [0, 0.05) is 16.7 Å². The number of hydrogen-bond acceptors (Lipinski definition) is 5. The summed E-state index contributed by atoms with van der Waals surface area (Å²) in [5, 5.41) is 18.9. The zero-order valence-corrected chi connectivity index (χ0v) is 20.3. The first-order valence-electron chi connectivity index (χ1n) is 12.2. The molecule has 0 amide bonds. The summed E-state index contributed by atoms with van der Waals surface area (Å²) in [6, 6.07) is 18.9. The van der Waals surface area contributed by atoms with Crippen LogP contribution in [-0.4, -0.2) is 16.6 Å². The van der Waals surface area contributed by atoms with E-state index in [1.54, 1.807) is 0 Å². The molecule has 3 aromatic rings. The molecular weight excluding hydrogens is 432 g/mol. The van der Waals surface area contributed by atoms with Crippen LogP contribution in [0, 0.1) is 35.0 Å². The van der Waals surface area contributed by atoms with Crippen molar-refractivity contribution >= 4 is 0 Å². The number of aromatic nitrogens is 2. The number of unbranched alkanes of at least 4 members (excludes halogenated alkanes) is 7. The van der Waals surface area contributed by atoms with Crippen LogP contribution < -0.4 is 4.74 Å². The van der Waals surface area contributed by atoms with Crippen LogP contribution in [0.15, 0.2) is 48.5 Å². The molecule has 1 heterocycles. The van der Waals surface area contributed by atoms with Crippen molar-refractivity contribution in [3.63, 3.8) is 0 Å². The number of ether oxygens (including phenoxy) is 1. The fourth-order valence-corrected chi connectivity index (χ4v) is 3.85. The van der Waals surface area contributed by atoms with Crippen LogP contribution >= 0.6 is 0 Å². The van der Waals surface area contributed by atoms with Gasteiger partial charge in [-0.2, -0.15) is 10.5 Å². The molecule has 0 spiro atoms. The summed E-state index contributed by atoms with van der Waals surface area (Å²) in [6.07, 6.45) is 15.6. The summed E-state index contributed by atoms with van der Waals surface area (Å²) in [4.78, 5) is 8.94. The average molecular weight is 463 g/mol. The number of benzene rings is 2. The van der Waals surface area contributed by atoms with Crippen molar-refractivity contribution < 1.29 is 4.74 Å². The smallest absolute Gasteiger partial charge is 0.177 e. The normalized spacial score (nSPS) is 10.2. The maximum absolute atomic E-state index is 9.46. The van der Waals surface area contributed by atoms with Gasteiger partial charge in [0.1, 0.15) is 17.9 Å². The van der Waals surface area contributed by atoms with Gasteiger partial charge in [-0.1, -0.05) is 69.9 Å². The minimum Gasteiger partial charge on any atom is -0.494 e. The molecule has 2 aromatic carbocycles. The number of nitrogens with zero attached hydrogens (tertiary/aromatic N) is 4. The highest BCUT2D eigenvalue weighted by molar-refractivity contribution is 5.79. The molecule has 0 radical (unpaired) electrons. The second-order valence-electron chi connectivity index (χ2n) is 8.41. The lowest BCUT2D eigenvalue weighted by Crippen LogP contribution is -2.01. The first-order valence-corrected chi connectivity index (χ1v) is 12.2. The first-order chi connectivity index (χ1) is 17.2. The molecule has 0 saturated heterocycles. The van der Waals surface area contributed by atoms with Crippen LogP contribution in [0.2, 0.25) is 0 Å². The Morgan fingerprint density at radius 3 is 1.69 bits per heavy atom. The standard InChI is InChI=1S/C30H30N4O/c1-3-5-6-7-8-9-10-11-20-35-26-18-16-25(17-19-26)30-29(24-14-12-23(4-2)13-15-24)33-27(21-31)28(22-32)34-30/h2,12-19H,3,5-11,20H2,1H3. The van der Waals surface area contributed by atoms with Gasteiger partial charge in [0.25, 0.3) is 0 Å². The average Bonchev–Trinajstić information content (AvgIpc) is 2.91. The van der Waals surface area contributed by atoms with Gasteiger partial charge in [0.2, 0.25) is 0 Å². The molecule has 0 fully saturated rings. The van der Waals surface area contributed by atoms with Crippen LogP contribution in [0.3, 0.4) is 0 Å². The second kappa shape index (κ2) is 13.5. The molecule has 0 aliphatic carbocycles. The summed E-state index contributed by atoms with van der Waals surface area (Å²) < 4.78 is 5.91. The largest absolute Gasteiger partial charge is 0.494 e. The molecule has 0 aliphatic rings. The van der Waals surface area contributed by atoms with Crippen molar-refractivity contribution in [2.75, 3.05) is 6.61 Å². The highest BCUT2D eigenvalue weighted by Gasteiger charge is 2.17. The van der Waals surface area contributed by atoms with Crippen molar-refractivity contribution in [2.24, 2.45) is 0 Å². The summed E-state index contributed by atoms with van der Waals surface area (Å²) in [6.45, 7) is 2.93. The van der Waals surface area contributed by atoms with E-state index >= 15 is 0 Å². The summed E-state index contributed by atoms with van der Waals surface area (Å²) in [5.41, 5.74) is 3.35. The molecule has 5 heteroatoms. The van der Waals surface area contributed by atoms with Crippen LogP contribution in [-0.2, 0) is 0 Å². The number of nitriles is 2. The molecular formula is C30H30N4O. The van der Waals surface area contributed by atoms with E-state index in [1.807, 2.05) is 60.7 Å². The summed E-state index contributed by atoms with van der Waals surface area (Å²) in [7, 11) is 0. The van der Waals surface area contributed by atoms with E-state index < -0.39 is 0 Å². The summed E-state index contributed by atoms with van der Waals surface area (Å²) in [5.74, 6) is 3.38. The van der Waals surface area contributed by atoms with Gasteiger partial charge in [-0.25, -0.2) is 9.97 Å². The van der Waals surface area contributed by atoms with Gasteiger partial charge < -0.3 is 4.74 Å². The molecule has 0 saturated carbocycles. The minimum absolute atomic E-state index is 0.00140. The molecule has 0 N–H and O–H groups in total. The SMILES string of the molecule is C#Cc1ccc(-c2nc(C#N)c(C#N)nc2-c2ccc(OCCCCCCCCCC)cc2)cc1. The van der Waals surface area contributed by atoms with Gasteiger partial charge >= 0.3 is 0 Å². The number of hydrogen-bond donors (Lipinski definition) is 0.